The highest BCUT2D eigenvalue weighted by Crippen LogP contribution is 2.25. The van der Waals surface area contributed by atoms with Crippen LogP contribution in [0.15, 0.2) is 47.4 Å². The summed E-state index contributed by atoms with van der Waals surface area (Å²) in [5.74, 6) is 1.06. The summed E-state index contributed by atoms with van der Waals surface area (Å²) in [5.41, 5.74) is 8.87. The van der Waals surface area contributed by atoms with Crippen molar-refractivity contribution in [3.63, 3.8) is 0 Å². The van der Waals surface area contributed by atoms with Crippen molar-refractivity contribution in [3.05, 3.63) is 48.7 Å². The fraction of sp³-hybridized carbons (Fsp3) is 0.125. The van der Waals surface area contributed by atoms with E-state index in [0.717, 1.165) is 11.3 Å². The van der Waals surface area contributed by atoms with Crippen molar-refractivity contribution in [2.24, 2.45) is 7.05 Å². The second-order valence-electron chi connectivity index (χ2n) is 5.29. The summed E-state index contributed by atoms with van der Waals surface area (Å²) in [6.07, 6.45) is 6.71. The molecule has 0 fully saturated rings. The van der Waals surface area contributed by atoms with Crippen molar-refractivity contribution < 1.29 is 9.15 Å². The summed E-state index contributed by atoms with van der Waals surface area (Å²) < 4.78 is 13.0. The van der Waals surface area contributed by atoms with Gasteiger partial charge in [-0.15, -0.1) is 0 Å². The number of aromatic nitrogens is 5. The van der Waals surface area contributed by atoms with Crippen molar-refractivity contribution >= 4 is 16.9 Å². The Morgan fingerprint density at radius 3 is 2.88 bits per heavy atom. The molecule has 0 aliphatic heterocycles. The van der Waals surface area contributed by atoms with Gasteiger partial charge >= 0.3 is 0 Å². The van der Waals surface area contributed by atoms with Crippen molar-refractivity contribution in [2.45, 2.75) is 6.61 Å². The zero-order valence-electron chi connectivity index (χ0n) is 12.9. The number of aryl methyl sites for hydroxylation is 1. The van der Waals surface area contributed by atoms with E-state index in [9.17, 15) is 0 Å². The predicted octanol–water partition coefficient (Wildman–Crippen LogP) is 2.18. The maximum Gasteiger partial charge on any atom is 0.247 e. The molecule has 0 unspecified atom stereocenters. The van der Waals surface area contributed by atoms with Gasteiger partial charge in [-0.1, -0.05) is 0 Å². The summed E-state index contributed by atoms with van der Waals surface area (Å²) in [4.78, 5) is 12.9. The van der Waals surface area contributed by atoms with Gasteiger partial charge in [0, 0.05) is 19.3 Å². The number of fused-ring (bicyclic) bond motifs is 1. The van der Waals surface area contributed by atoms with Gasteiger partial charge in [0.1, 0.15) is 17.9 Å². The highest BCUT2D eigenvalue weighted by Gasteiger charge is 2.12. The number of hydrogen-bond acceptors (Lipinski definition) is 7. The molecule has 0 radical (unpaired) electrons. The number of nitrogen functional groups attached to an aromatic ring is 1. The van der Waals surface area contributed by atoms with Gasteiger partial charge in [0.15, 0.2) is 0 Å². The molecule has 2 N–H and O–H groups in total. The van der Waals surface area contributed by atoms with Gasteiger partial charge in [-0.25, -0.2) is 9.97 Å². The van der Waals surface area contributed by atoms with Crippen molar-refractivity contribution in [2.75, 3.05) is 5.73 Å². The number of pyridine rings is 2. The Balaban J connectivity index is 1.55. The topological polar surface area (TPSA) is 105 Å². The van der Waals surface area contributed by atoms with Crippen LogP contribution in [0.2, 0.25) is 0 Å². The van der Waals surface area contributed by atoms with E-state index >= 15 is 0 Å². The number of oxazole rings is 1. The predicted molar refractivity (Wildman–Crippen MR) is 87.0 cm³/mol. The van der Waals surface area contributed by atoms with Crippen LogP contribution in [0.25, 0.3) is 22.7 Å². The molecule has 4 rings (SSSR count). The zero-order chi connectivity index (χ0) is 16.5. The molecule has 4 heterocycles. The lowest BCUT2D eigenvalue weighted by molar-refractivity contribution is 0.300. The van der Waals surface area contributed by atoms with Gasteiger partial charge in [-0.05, 0) is 12.1 Å². The second-order valence-corrected chi connectivity index (χ2v) is 5.29. The standard InChI is InChI=1S/C16H14N6O2/c1-22-8-10(5-20-22)15-21-14-4-13(7-19-16(14)24-15)23-9-12-3-2-11(17)6-18-12/h2-8H,9,17H2,1H3. The van der Waals surface area contributed by atoms with Gasteiger partial charge in [0.2, 0.25) is 11.6 Å². The smallest absolute Gasteiger partial charge is 0.247 e. The third kappa shape index (κ3) is 2.76. The molecular weight excluding hydrogens is 308 g/mol. The van der Waals surface area contributed by atoms with E-state index < -0.39 is 0 Å². The van der Waals surface area contributed by atoms with Crippen LogP contribution >= 0.6 is 0 Å². The van der Waals surface area contributed by atoms with Crippen molar-refractivity contribution in [1.29, 1.82) is 0 Å². The fourth-order valence-corrected chi connectivity index (χ4v) is 2.22. The molecule has 24 heavy (non-hydrogen) atoms. The van der Waals surface area contributed by atoms with E-state index in [2.05, 4.69) is 20.1 Å². The van der Waals surface area contributed by atoms with E-state index in [1.54, 1.807) is 35.4 Å². The average molecular weight is 322 g/mol. The Morgan fingerprint density at radius 1 is 1.21 bits per heavy atom. The number of nitrogens with zero attached hydrogens (tertiary/aromatic N) is 5. The minimum Gasteiger partial charge on any atom is -0.486 e. The van der Waals surface area contributed by atoms with Crippen LogP contribution in [0.3, 0.4) is 0 Å². The highest BCUT2D eigenvalue weighted by atomic mass is 16.5. The molecule has 0 aliphatic rings. The molecule has 0 amide bonds. The summed E-state index contributed by atoms with van der Waals surface area (Å²) in [7, 11) is 1.83. The average Bonchev–Trinajstić information content (AvgIpc) is 3.19. The van der Waals surface area contributed by atoms with Gasteiger partial charge < -0.3 is 14.9 Å². The molecule has 0 aliphatic carbocycles. The molecule has 0 aromatic carbocycles. The van der Waals surface area contributed by atoms with E-state index in [4.69, 9.17) is 14.9 Å². The van der Waals surface area contributed by atoms with Crippen LogP contribution < -0.4 is 10.5 Å². The first-order chi connectivity index (χ1) is 11.7. The molecule has 0 atom stereocenters. The fourth-order valence-electron chi connectivity index (χ4n) is 2.22. The van der Waals surface area contributed by atoms with Gasteiger partial charge in [0.05, 0.1) is 35.5 Å². The molecule has 8 nitrogen and oxygen atoms in total. The normalized spacial score (nSPS) is 11.0. The second kappa shape index (κ2) is 5.65. The number of rotatable bonds is 4. The zero-order valence-corrected chi connectivity index (χ0v) is 12.9. The molecule has 8 heteroatoms. The maximum atomic E-state index is 5.70. The van der Waals surface area contributed by atoms with Crippen LogP contribution in [-0.4, -0.2) is 24.7 Å². The van der Waals surface area contributed by atoms with Crippen LogP contribution in [0.4, 0.5) is 5.69 Å². The quantitative estimate of drug-likeness (QED) is 0.614. The van der Waals surface area contributed by atoms with E-state index in [1.165, 1.54) is 0 Å². The number of ether oxygens (including phenoxy) is 1. The summed E-state index contributed by atoms with van der Waals surface area (Å²) in [6, 6.07) is 5.38. The highest BCUT2D eigenvalue weighted by molar-refractivity contribution is 5.73. The Kier molecular flexibility index (Phi) is 3.34. The molecule has 4 aromatic heterocycles. The molecule has 0 saturated carbocycles. The van der Waals surface area contributed by atoms with Crippen LogP contribution in [0.5, 0.6) is 5.75 Å². The lowest BCUT2D eigenvalue weighted by atomic mass is 10.3. The van der Waals surface area contributed by atoms with Gasteiger partial charge in [-0.3, -0.25) is 9.67 Å². The first-order valence-corrected chi connectivity index (χ1v) is 7.26. The minimum absolute atomic E-state index is 0.320. The third-order valence-corrected chi connectivity index (χ3v) is 3.41. The molecule has 4 aromatic rings. The number of anilines is 1. The Morgan fingerprint density at radius 2 is 2.12 bits per heavy atom. The number of hydrogen-bond donors (Lipinski definition) is 1. The first-order valence-electron chi connectivity index (χ1n) is 7.26. The molecule has 120 valence electrons. The van der Waals surface area contributed by atoms with Gasteiger partial charge in [0.25, 0.3) is 0 Å². The third-order valence-electron chi connectivity index (χ3n) is 3.41. The Labute approximate surface area is 136 Å². The molecular formula is C16H14N6O2. The van der Waals surface area contributed by atoms with E-state index in [-0.39, 0.29) is 0 Å². The first kappa shape index (κ1) is 14.2. The molecule has 0 spiro atoms. The lowest BCUT2D eigenvalue weighted by Crippen LogP contribution is -1.99. The Bertz CT molecular complexity index is 989. The summed E-state index contributed by atoms with van der Waals surface area (Å²) in [6.45, 7) is 0.320. The van der Waals surface area contributed by atoms with E-state index in [0.29, 0.717) is 35.2 Å². The van der Waals surface area contributed by atoms with Crippen LogP contribution in [0.1, 0.15) is 5.69 Å². The van der Waals surface area contributed by atoms with Crippen LogP contribution in [0, 0.1) is 0 Å². The molecule has 0 bridgehead atoms. The molecule has 0 saturated heterocycles. The SMILES string of the molecule is Cn1cc(-c2nc3cc(OCc4ccc(N)cn4)cnc3o2)cn1. The minimum atomic E-state index is 0.320. The number of nitrogens with two attached hydrogens (primary N) is 1. The van der Waals surface area contributed by atoms with E-state index in [1.807, 2.05) is 19.3 Å². The summed E-state index contributed by atoms with van der Waals surface area (Å²) in [5, 5.41) is 4.11. The Hall–Kier alpha value is -3.42. The monoisotopic (exact) mass is 322 g/mol. The van der Waals surface area contributed by atoms with Crippen molar-refractivity contribution in [1.82, 2.24) is 24.7 Å². The maximum absolute atomic E-state index is 5.70. The van der Waals surface area contributed by atoms with Gasteiger partial charge in [-0.2, -0.15) is 5.10 Å². The van der Waals surface area contributed by atoms with Crippen molar-refractivity contribution in [3.8, 4) is 17.2 Å². The summed E-state index contributed by atoms with van der Waals surface area (Å²) >= 11 is 0. The lowest BCUT2D eigenvalue weighted by Gasteiger charge is -2.04. The largest absolute Gasteiger partial charge is 0.486 e. The van der Waals surface area contributed by atoms with Crippen LogP contribution in [-0.2, 0) is 13.7 Å².